The Morgan fingerprint density at radius 1 is 1.33 bits per heavy atom. The highest BCUT2D eigenvalue weighted by atomic mass is 35.5. The summed E-state index contributed by atoms with van der Waals surface area (Å²) >= 11 is 7.31. The molecule has 0 unspecified atom stereocenters. The fraction of sp³-hybridized carbons (Fsp3) is 0.0769. The molecule has 104 valence electrons. The lowest BCUT2D eigenvalue weighted by atomic mass is 10.2. The van der Waals surface area contributed by atoms with Crippen molar-refractivity contribution in [1.29, 1.82) is 5.26 Å². The Hall–Kier alpha value is -2.30. The van der Waals surface area contributed by atoms with Gasteiger partial charge in [-0.15, -0.1) is 5.10 Å². The number of hydrogen-bond donors (Lipinski definition) is 1. The number of thioether (sulfide) groups is 1. The molecule has 2 aromatic heterocycles. The first kappa shape index (κ1) is 13.7. The molecule has 0 radical (unpaired) electrons. The zero-order valence-electron chi connectivity index (χ0n) is 10.7. The van der Waals surface area contributed by atoms with Gasteiger partial charge in [-0.05, 0) is 17.7 Å². The molecule has 3 rings (SSSR count). The number of nitrogens with two attached hydrogens (primary N) is 1. The second-order valence-corrected chi connectivity index (χ2v) is 5.57. The number of rotatable bonds is 3. The van der Waals surface area contributed by atoms with E-state index in [1.807, 2.05) is 30.3 Å². The number of anilines is 1. The fourth-order valence-corrected chi connectivity index (χ4v) is 2.61. The van der Waals surface area contributed by atoms with Gasteiger partial charge in [0.1, 0.15) is 17.5 Å². The summed E-state index contributed by atoms with van der Waals surface area (Å²) in [6.07, 6.45) is 1.40. The van der Waals surface area contributed by atoms with E-state index in [0.717, 1.165) is 5.56 Å². The molecule has 0 saturated heterocycles. The molecule has 0 atom stereocenters. The normalized spacial score (nSPS) is 10.7. The van der Waals surface area contributed by atoms with Crippen LogP contribution in [0.4, 0.5) is 5.82 Å². The molecule has 6 nitrogen and oxygen atoms in total. The number of nitrogens with zero attached hydrogens (tertiary/aromatic N) is 5. The van der Waals surface area contributed by atoms with E-state index in [9.17, 15) is 0 Å². The molecule has 0 aliphatic heterocycles. The Morgan fingerprint density at radius 2 is 2.10 bits per heavy atom. The molecule has 21 heavy (non-hydrogen) atoms. The van der Waals surface area contributed by atoms with Crippen molar-refractivity contribution < 1.29 is 0 Å². The minimum atomic E-state index is 0.244. The topological polar surface area (TPSA) is 92.9 Å². The van der Waals surface area contributed by atoms with Gasteiger partial charge in [0, 0.05) is 10.8 Å². The van der Waals surface area contributed by atoms with E-state index >= 15 is 0 Å². The summed E-state index contributed by atoms with van der Waals surface area (Å²) in [6.45, 7) is 0. The van der Waals surface area contributed by atoms with E-state index in [1.165, 1.54) is 22.5 Å². The summed E-state index contributed by atoms with van der Waals surface area (Å²) in [5.41, 5.74) is 7.23. The first-order chi connectivity index (χ1) is 10.2. The standard InChI is InChI=1S/C13H9ClN6S/c14-10-3-1-8(2-4-10)7-21-13-18-12-17-6-9(5-15)11(16)20(12)19-13/h1-4,6H,7,16H2. The second kappa shape index (κ2) is 5.60. The average Bonchev–Trinajstić information content (AvgIpc) is 2.91. The van der Waals surface area contributed by atoms with Crippen LogP contribution in [0.2, 0.25) is 5.02 Å². The van der Waals surface area contributed by atoms with Crippen LogP contribution in [0.1, 0.15) is 11.1 Å². The summed E-state index contributed by atoms with van der Waals surface area (Å²) in [6, 6.07) is 9.55. The number of benzene rings is 1. The number of nitrogen functional groups attached to an aromatic ring is 1. The van der Waals surface area contributed by atoms with Crippen LogP contribution in [0.25, 0.3) is 5.78 Å². The highest BCUT2D eigenvalue weighted by Gasteiger charge is 2.11. The van der Waals surface area contributed by atoms with Gasteiger partial charge >= 0.3 is 0 Å². The molecular formula is C13H9ClN6S. The molecule has 0 aliphatic rings. The third kappa shape index (κ3) is 2.77. The van der Waals surface area contributed by atoms with Gasteiger partial charge in [-0.25, -0.2) is 4.98 Å². The molecule has 0 amide bonds. The summed E-state index contributed by atoms with van der Waals surface area (Å²) in [5, 5.41) is 14.4. The van der Waals surface area contributed by atoms with Gasteiger partial charge in [0.15, 0.2) is 0 Å². The zero-order valence-corrected chi connectivity index (χ0v) is 12.3. The maximum atomic E-state index is 8.91. The highest BCUT2D eigenvalue weighted by Crippen LogP contribution is 2.22. The van der Waals surface area contributed by atoms with E-state index in [-0.39, 0.29) is 11.4 Å². The Labute approximate surface area is 129 Å². The summed E-state index contributed by atoms with van der Waals surface area (Å²) in [4.78, 5) is 8.33. The number of aromatic nitrogens is 4. The maximum absolute atomic E-state index is 8.91. The fourth-order valence-electron chi connectivity index (χ4n) is 1.71. The molecule has 0 aliphatic carbocycles. The van der Waals surface area contributed by atoms with Crippen molar-refractivity contribution in [2.24, 2.45) is 0 Å². The van der Waals surface area contributed by atoms with Crippen LogP contribution >= 0.6 is 23.4 Å². The van der Waals surface area contributed by atoms with Crippen LogP contribution in [0.3, 0.4) is 0 Å². The third-order valence-electron chi connectivity index (χ3n) is 2.79. The lowest BCUT2D eigenvalue weighted by molar-refractivity contribution is 0.887. The molecule has 2 heterocycles. The second-order valence-electron chi connectivity index (χ2n) is 4.19. The van der Waals surface area contributed by atoms with Gasteiger partial charge < -0.3 is 5.73 Å². The van der Waals surface area contributed by atoms with Crippen molar-refractivity contribution in [3.05, 3.63) is 46.6 Å². The molecule has 8 heteroatoms. The van der Waals surface area contributed by atoms with Crippen LogP contribution in [0, 0.1) is 11.3 Å². The third-order valence-corrected chi connectivity index (χ3v) is 3.95. The summed E-state index contributed by atoms with van der Waals surface area (Å²) in [7, 11) is 0. The van der Waals surface area contributed by atoms with Gasteiger partial charge in [0.2, 0.25) is 5.16 Å². The van der Waals surface area contributed by atoms with Crippen LogP contribution in [0.5, 0.6) is 0 Å². The van der Waals surface area contributed by atoms with Crippen molar-refractivity contribution in [3.63, 3.8) is 0 Å². The largest absolute Gasteiger partial charge is 0.382 e. The van der Waals surface area contributed by atoms with Crippen LogP contribution in [-0.4, -0.2) is 19.6 Å². The Balaban J connectivity index is 1.83. The average molecular weight is 317 g/mol. The molecule has 0 saturated carbocycles. The smallest absolute Gasteiger partial charge is 0.255 e. The maximum Gasteiger partial charge on any atom is 0.255 e. The van der Waals surface area contributed by atoms with E-state index < -0.39 is 0 Å². The Morgan fingerprint density at radius 3 is 2.81 bits per heavy atom. The predicted octanol–water partition coefficient (Wildman–Crippen LogP) is 2.52. The number of halogens is 1. The van der Waals surface area contributed by atoms with E-state index in [1.54, 1.807) is 0 Å². The van der Waals surface area contributed by atoms with Crippen molar-refractivity contribution in [2.45, 2.75) is 10.9 Å². The van der Waals surface area contributed by atoms with Gasteiger partial charge in [-0.2, -0.15) is 14.8 Å². The van der Waals surface area contributed by atoms with E-state index in [0.29, 0.717) is 21.7 Å². The molecular weight excluding hydrogens is 308 g/mol. The van der Waals surface area contributed by atoms with Gasteiger partial charge in [0.05, 0.1) is 6.20 Å². The van der Waals surface area contributed by atoms with Gasteiger partial charge in [-0.3, -0.25) is 0 Å². The number of nitriles is 1. The molecule has 1 aromatic carbocycles. The predicted molar refractivity (Wildman–Crippen MR) is 80.9 cm³/mol. The SMILES string of the molecule is N#Cc1cnc2nc(SCc3ccc(Cl)cc3)nn2c1N. The molecule has 0 bridgehead atoms. The van der Waals surface area contributed by atoms with Crippen LogP contribution < -0.4 is 5.73 Å². The van der Waals surface area contributed by atoms with E-state index in [4.69, 9.17) is 22.6 Å². The lowest BCUT2D eigenvalue weighted by Crippen LogP contribution is -2.03. The van der Waals surface area contributed by atoms with Crippen LogP contribution in [0.15, 0.2) is 35.6 Å². The molecule has 3 aromatic rings. The minimum Gasteiger partial charge on any atom is -0.382 e. The zero-order chi connectivity index (χ0) is 14.8. The van der Waals surface area contributed by atoms with Crippen LogP contribution in [-0.2, 0) is 5.75 Å². The Kier molecular flexibility index (Phi) is 3.64. The first-order valence-electron chi connectivity index (χ1n) is 5.96. The first-order valence-corrected chi connectivity index (χ1v) is 7.32. The summed E-state index contributed by atoms with van der Waals surface area (Å²) in [5.74, 6) is 1.33. The summed E-state index contributed by atoms with van der Waals surface area (Å²) < 4.78 is 1.38. The minimum absolute atomic E-state index is 0.244. The molecule has 0 spiro atoms. The number of hydrogen-bond acceptors (Lipinski definition) is 6. The van der Waals surface area contributed by atoms with E-state index in [2.05, 4.69) is 15.1 Å². The quantitative estimate of drug-likeness (QED) is 0.746. The van der Waals surface area contributed by atoms with Crippen molar-refractivity contribution in [2.75, 3.05) is 5.73 Å². The monoisotopic (exact) mass is 316 g/mol. The van der Waals surface area contributed by atoms with Gasteiger partial charge in [0.25, 0.3) is 5.78 Å². The van der Waals surface area contributed by atoms with Crippen molar-refractivity contribution >= 4 is 35.0 Å². The highest BCUT2D eigenvalue weighted by molar-refractivity contribution is 7.98. The molecule has 2 N–H and O–H groups in total. The van der Waals surface area contributed by atoms with Crippen molar-refractivity contribution in [1.82, 2.24) is 19.6 Å². The lowest BCUT2D eigenvalue weighted by Gasteiger charge is -1.98. The molecule has 0 fully saturated rings. The number of fused-ring (bicyclic) bond motifs is 1. The van der Waals surface area contributed by atoms with Crippen molar-refractivity contribution in [3.8, 4) is 6.07 Å². The Bertz CT molecular complexity index is 836. The van der Waals surface area contributed by atoms with Gasteiger partial charge in [-0.1, -0.05) is 35.5 Å².